The van der Waals surface area contributed by atoms with Crippen molar-refractivity contribution < 1.29 is 10.0 Å². The molecule has 3 aromatic rings. The van der Waals surface area contributed by atoms with Crippen LogP contribution in [0.4, 0.5) is 5.69 Å². The largest absolute Gasteiger partial charge is 0.368 e. The molecule has 126 valence electrons. The lowest BCUT2D eigenvalue weighted by molar-refractivity contribution is -0.385. The van der Waals surface area contributed by atoms with Gasteiger partial charge in [0.15, 0.2) is 17.2 Å². The Labute approximate surface area is 155 Å². The molecular weight excluding hydrogens is 387 g/mol. The molecule has 0 amide bonds. The second kappa shape index (κ2) is 5.99. The predicted molar refractivity (Wildman–Crippen MR) is 93.1 cm³/mol. The van der Waals surface area contributed by atoms with Crippen molar-refractivity contribution in [3.8, 4) is 11.4 Å². The molecule has 0 saturated heterocycles. The fourth-order valence-corrected chi connectivity index (χ4v) is 3.97. The molecule has 1 aromatic heterocycles. The van der Waals surface area contributed by atoms with Gasteiger partial charge in [0.05, 0.1) is 9.95 Å². The molecule has 1 aliphatic heterocycles. The molecule has 0 fully saturated rings. The molecule has 0 saturated carbocycles. The Bertz CT molecular complexity index is 1020. The van der Waals surface area contributed by atoms with E-state index in [0.717, 1.165) is 0 Å². The first-order valence-corrected chi connectivity index (χ1v) is 8.57. The molecule has 0 radical (unpaired) electrons. The van der Waals surface area contributed by atoms with Crippen LogP contribution in [0.5, 0.6) is 0 Å². The summed E-state index contributed by atoms with van der Waals surface area (Å²) in [5, 5.41) is 27.2. The highest BCUT2D eigenvalue weighted by Crippen LogP contribution is 2.42. The maximum atomic E-state index is 10.9. The lowest BCUT2D eigenvalue weighted by Crippen LogP contribution is -2.17. The number of halogens is 2. The second-order valence-electron chi connectivity index (χ2n) is 5.24. The Balaban J connectivity index is 1.79. The molecule has 25 heavy (non-hydrogen) atoms. The average Bonchev–Trinajstić information content (AvgIpc) is 2.98. The second-order valence-corrected chi connectivity index (χ2v) is 7.09. The van der Waals surface area contributed by atoms with Gasteiger partial charge in [0, 0.05) is 33.2 Å². The number of nitro benzene ring substituents is 1. The lowest BCUT2D eigenvalue weighted by atomic mass is 10.1. The number of nitro groups is 1. The quantitative estimate of drug-likeness (QED) is 0.517. The van der Waals surface area contributed by atoms with E-state index in [-0.39, 0.29) is 5.69 Å². The number of hydrogen-bond acceptors (Lipinski definition) is 6. The van der Waals surface area contributed by atoms with Crippen LogP contribution in [0.2, 0.25) is 10.0 Å². The molecule has 7 nitrogen and oxygen atoms in total. The number of non-ortho nitro benzene ring substituents is 1. The summed E-state index contributed by atoms with van der Waals surface area (Å²) in [6, 6.07) is 9.27. The van der Waals surface area contributed by atoms with Crippen molar-refractivity contribution >= 4 is 40.7 Å². The van der Waals surface area contributed by atoms with Gasteiger partial charge >= 0.3 is 0 Å². The van der Waals surface area contributed by atoms with Gasteiger partial charge in [-0.05, 0) is 36.0 Å². The Morgan fingerprint density at radius 3 is 2.76 bits per heavy atom. The van der Waals surface area contributed by atoms with Crippen LogP contribution in [0.1, 0.15) is 11.8 Å². The normalized spacial score (nSPS) is 15.6. The van der Waals surface area contributed by atoms with Crippen molar-refractivity contribution in [1.29, 1.82) is 0 Å². The number of aliphatic hydroxyl groups is 1. The minimum Gasteiger partial charge on any atom is -0.368 e. The van der Waals surface area contributed by atoms with Gasteiger partial charge in [0.1, 0.15) is 0 Å². The van der Waals surface area contributed by atoms with E-state index in [1.807, 2.05) is 0 Å². The summed E-state index contributed by atoms with van der Waals surface area (Å²) < 4.78 is 1.32. The summed E-state index contributed by atoms with van der Waals surface area (Å²) in [5.41, 5.74) is 0.893. The highest BCUT2D eigenvalue weighted by Gasteiger charge is 2.29. The van der Waals surface area contributed by atoms with Crippen LogP contribution in [0.3, 0.4) is 0 Å². The molecular formula is C15H8Cl2N4O3S. The predicted octanol–water partition coefficient (Wildman–Crippen LogP) is 4.16. The molecule has 0 spiro atoms. The first-order chi connectivity index (χ1) is 11.9. The molecule has 2 heterocycles. The summed E-state index contributed by atoms with van der Waals surface area (Å²) in [4.78, 5) is 15.5. The Morgan fingerprint density at radius 1 is 1.24 bits per heavy atom. The molecule has 1 aliphatic rings. The summed E-state index contributed by atoms with van der Waals surface area (Å²) in [7, 11) is 0. The number of benzene rings is 2. The van der Waals surface area contributed by atoms with Crippen LogP contribution in [-0.2, 0) is 0 Å². The van der Waals surface area contributed by atoms with Gasteiger partial charge in [-0.1, -0.05) is 23.2 Å². The SMILES string of the molecule is O=[N+]([O-])c1ccc2c(c1)[C@@H](O)n1nc(-c3ccc(Cl)cc3Cl)nc1S2. The van der Waals surface area contributed by atoms with Crippen molar-refractivity contribution in [1.82, 2.24) is 14.8 Å². The summed E-state index contributed by atoms with van der Waals surface area (Å²) in [6.45, 7) is 0. The van der Waals surface area contributed by atoms with E-state index in [9.17, 15) is 15.2 Å². The lowest BCUT2D eigenvalue weighted by Gasteiger charge is -2.21. The third-order valence-electron chi connectivity index (χ3n) is 3.69. The first kappa shape index (κ1) is 16.3. The van der Waals surface area contributed by atoms with Crippen molar-refractivity contribution in [2.75, 3.05) is 0 Å². The molecule has 0 unspecified atom stereocenters. The number of nitrogens with zero attached hydrogens (tertiary/aromatic N) is 4. The van der Waals surface area contributed by atoms with E-state index in [2.05, 4.69) is 10.1 Å². The van der Waals surface area contributed by atoms with Gasteiger partial charge in [-0.2, -0.15) is 0 Å². The number of rotatable bonds is 2. The van der Waals surface area contributed by atoms with E-state index in [1.165, 1.54) is 28.6 Å². The standard InChI is InChI=1S/C15H8Cl2N4O3S/c16-7-1-3-9(11(17)5-7)13-18-15-20(19-13)14(22)10-6-8(21(23)24)2-4-12(10)25-15/h1-6,14,22H/t14-/m1/s1. The third kappa shape index (κ3) is 2.77. The topological polar surface area (TPSA) is 94.1 Å². The highest BCUT2D eigenvalue weighted by molar-refractivity contribution is 7.99. The molecule has 1 N–H and O–H groups in total. The van der Waals surface area contributed by atoms with Crippen molar-refractivity contribution in [3.05, 3.63) is 62.1 Å². The van der Waals surface area contributed by atoms with E-state index < -0.39 is 11.2 Å². The Morgan fingerprint density at radius 2 is 2.04 bits per heavy atom. The van der Waals surface area contributed by atoms with E-state index >= 15 is 0 Å². The Kier molecular flexibility index (Phi) is 3.92. The Hall–Kier alpha value is -2.13. The molecule has 2 aromatic carbocycles. The molecule has 0 bridgehead atoms. The summed E-state index contributed by atoms with van der Waals surface area (Å²) in [5.74, 6) is 0.338. The summed E-state index contributed by atoms with van der Waals surface area (Å²) >= 11 is 13.4. The van der Waals surface area contributed by atoms with E-state index in [4.69, 9.17) is 23.2 Å². The van der Waals surface area contributed by atoms with Gasteiger partial charge in [0.2, 0.25) is 0 Å². The smallest absolute Gasteiger partial charge is 0.269 e. The molecule has 0 aliphatic carbocycles. The van der Waals surface area contributed by atoms with Crippen molar-refractivity contribution in [2.24, 2.45) is 0 Å². The minimum absolute atomic E-state index is 0.0945. The van der Waals surface area contributed by atoms with Gasteiger partial charge in [-0.25, -0.2) is 9.67 Å². The van der Waals surface area contributed by atoms with Gasteiger partial charge in [-0.3, -0.25) is 10.1 Å². The zero-order valence-corrected chi connectivity index (χ0v) is 14.6. The third-order valence-corrected chi connectivity index (χ3v) is 5.29. The number of aromatic nitrogens is 3. The maximum Gasteiger partial charge on any atom is 0.269 e. The zero-order chi connectivity index (χ0) is 17.7. The maximum absolute atomic E-state index is 10.9. The number of hydrogen-bond donors (Lipinski definition) is 1. The molecule has 10 heteroatoms. The number of fused-ring (bicyclic) bond motifs is 2. The van der Waals surface area contributed by atoms with Gasteiger partial charge in [0.25, 0.3) is 5.69 Å². The zero-order valence-electron chi connectivity index (χ0n) is 12.3. The van der Waals surface area contributed by atoms with Crippen LogP contribution in [-0.4, -0.2) is 24.8 Å². The molecule has 1 atom stereocenters. The van der Waals surface area contributed by atoms with Crippen LogP contribution in [0.15, 0.2) is 46.5 Å². The number of aliphatic hydroxyl groups excluding tert-OH is 1. The molecule has 4 rings (SSSR count). The van der Waals surface area contributed by atoms with Gasteiger partial charge < -0.3 is 5.11 Å². The first-order valence-electron chi connectivity index (χ1n) is 7.00. The van der Waals surface area contributed by atoms with E-state index in [1.54, 1.807) is 24.3 Å². The monoisotopic (exact) mass is 394 g/mol. The van der Waals surface area contributed by atoms with Crippen LogP contribution in [0.25, 0.3) is 11.4 Å². The highest BCUT2D eigenvalue weighted by atomic mass is 35.5. The fourth-order valence-electron chi connectivity index (χ4n) is 2.50. The van der Waals surface area contributed by atoms with Crippen molar-refractivity contribution in [2.45, 2.75) is 16.3 Å². The van der Waals surface area contributed by atoms with Crippen molar-refractivity contribution in [3.63, 3.8) is 0 Å². The minimum atomic E-state index is -1.17. The summed E-state index contributed by atoms with van der Waals surface area (Å²) in [6.07, 6.45) is -1.17. The van der Waals surface area contributed by atoms with Crippen LogP contribution in [0, 0.1) is 10.1 Å². The van der Waals surface area contributed by atoms with Gasteiger partial charge in [-0.15, -0.1) is 5.10 Å². The van der Waals surface area contributed by atoms with Crippen LogP contribution < -0.4 is 0 Å². The van der Waals surface area contributed by atoms with Crippen LogP contribution >= 0.6 is 35.0 Å². The average molecular weight is 395 g/mol. The fraction of sp³-hybridized carbons (Fsp3) is 0.0667. The van der Waals surface area contributed by atoms with E-state index in [0.29, 0.717) is 37.0 Å².